The van der Waals surface area contributed by atoms with Gasteiger partial charge in [0.1, 0.15) is 0 Å². The number of likely N-dealkylation sites (tertiary alicyclic amines) is 1. The van der Waals surface area contributed by atoms with E-state index in [1.54, 1.807) is 6.92 Å². The number of carbonyl (C=O) groups excluding carboxylic acids is 1. The maximum absolute atomic E-state index is 11.6. The summed E-state index contributed by atoms with van der Waals surface area (Å²) in [6.45, 7) is 7.89. The van der Waals surface area contributed by atoms with Gasteiger partial charge in [-0.3, -0.25) is 9.69 Å². The van der Waals surface area contributed by atoms with Gasteiger partial charge in [-0.15, -0.1) is 0 Å². The highest BCUT2D eigenvalue weighted by molar-refractivity contribution is 5.80. The molecular weight excluding hydrogens is 262 g/mol. The minimum atomic E-state index is -0.458. The molecule has 1 aliphatic heterocycles. The highest BCUT2D eigenvalue weighted by atomic mass is 16.2. The maximum atomic E-state index is 11.6. The monoisotopic (exact) mass is 289 g/mol. The Labute approximate surface area is 127 Å². The van der Waals surface area contributed by atoms with Crippen LogP contribution in [0.15, 0.2) is 24.3 Å². The van der Waals surface area contributed by atoms with Gasteiger partial charge < -0.3 is 11.1 Å². The Morgan fingerprint density at radius 3 is 2.81 bits per heavy atom. The standard InChI is InChI=1S/C17H27N3O/c1-13-6-5-9-20(11-13)12-16-8-4-3-7-15(16)10-19-17(21)14(2)18/h3-4,7-8,13-14H,5-6,9-12,18H2,1-2H3,(H,19,21)/t13?,14-/m1/s1. The molecule has 0 aromatic heterocycles. The molecule has 1 heterocycles. The van der Waals surface area contributed by atoms with Crippen molar-refractivity contribution in [3.8, 4) is 0 Å². The summed E-state index contributed by atoms with van der Waals surface area (Å²) < 4.78 is 0. The van der Waals surface area contributed by atoms with Crippen molar-refractivity contribution in [1.29, 1.82) is 0 Å². The molecule has 1 aromatic carbocycles. The first-order valence-electron chi connectivity index (χ1n) is 7.88. The molecule has 4 nitrogen and oxygen atoms in total. The van der Waals surface area contributed by atoms with Crippen LogP contribution in [0, 0.1) is 5.92 Å². The quantitative estimate of drug-likeness (QED) is 0.870. The van der Waals surface area contributed by atoms with Gasteiger partial charge in [0, 0.05) is 19.6 Å². The van der Waals surface area contributed by atoms with Gasteiger partial charge >= 0.3 is 0 Å². The Hall–Kier alpha value is -1.39. The lowest BCUT2D eigenvalue weighted by Gasteiger charge is -2.31. The molecule has 0 radical (unpaired) electrons. The number of hydrogen-bond acceptors (Lipinski definition) is 3. The van der Waals surface area contributed by atoms with Crippen LogP contribution in [0.2, 0.25) is 0 Å². The van der Waals surface area contributed by atoms with Gasteiger partial charge in [-0.05, 0) is 43.4 Å². The van der Waals surface area contributed by atoms with Gasteiger partial charge in [0.2, 0.25) is 5.91 Å². The lowest BCUT2D eigenvalue weighted by atomic mass is 9.99. The third-order valence-electron chi connectivity index (χ3n) is 4.12. The van der Waals surface area contributed by atoms with Crippen LogP contribution in [0.25, 0.3) is 0 Å². The number of benzene rings is 1. The molecule has 1 fully saturated rings. The molecule has 0 spiro atoms. The Balaban J connectivity index is 1.97. The van der Waals surface area contributed by atoms with Crippen molar-refractivity contribution in [3.05, 3.63) is 35.4 Å². The van der Waals surface area contributed by atoms with Crippen molar-refractivity contribution in [1.82, 2.24) is 10.2 Å². The molecule has 0 aliphatic carbocycles. The fourth-order valence-corrected chi connectivity index (χ4v) is 2.90. The van der Waals surface area contributed by atoms with E-state index in [1.165, 1.54) is 37.1 Å². The van der Waals surface area contributed by atoms with Crippen LogP contribution in [-0.2, 0) is 17.9 Å². The zero-order chi connectivity index (χ0) is 15.2. The molecular formula is C17H27N3O. The SMILES string of the molecule is CC1CCCN(Cc2ccccc2CNC(=O)[C@@H](C)N)C1. The van der Waals surface area contributed by atoms with E-state index in [4.69, 9.17) is 5.73 Å². The third-order valence-corrected chi connectivity index (χ3v) is 4.12. The highest BCUT2D eigenvalue weighted by Crippen LogP contribution is 2.19. The van der Waals surface area contributed by atoms with Crippen molar-refractivity contribution in [3.63, 3.8) is 0 Å². The third kappa shape index (κ3) is 4.83. The molecule has 1 amide bonds. The second-order valence-corrected chi connectivity index (χ2v) is 6.26. The molecule has 1 aromatic rings. The summed E-state index contributed by atoms with van der Waals surface area (Å²) in [6.07, 6.45) is 2.62. The van der Waals surface area contributed by atoms with Gasteiger partial charge in [-0.2, -0.15) is 0 Å². The van der Waals surface area contributed by atoms with E-state index in [1.807, 2.05) is 6.07 Å². The average Bonchev–Trinajstić information content (AvgIpc) is 2.46. The van der Waals surface area contributed by atoms with Crippen molar-refractivity contribution in [2.75, 3.05) is 13.1 Å². The fraction of sp³-hybridized carbons (Fsp3) is 0.588. The Kier molecular flexibility index (Phi) is 5.76. The lowest BCUT2D eigenvalue weighted by Crippen LogP contribution is -2.38. The van der Waals surface area contributed by atoms with Crippen molar-refractivity contribution in [2.45, 2.75) is 45.8 Å². The highest BCUT2D eigenvalue weighted by Gasteiger charge is 2.17. The second-order valence-electron chi connectivity index (χ2n) is 6.26. The number of amides is 1. The summed E-state index contributed by atoms with van der Waals surface area (Å²) in [5.41, 5.74) is 8.07. The summed E-state index contributed by atoms with van der Waals surface area (Å²) in [4.78, 5) is 14.1. The first-order chi connectivity index (χ1) is 10.1. The van der Waals surface area contributed by atoms with Crippen LogP contribution in [0.4, 0.5) is 0 Å². The maximum Gasteiger partial charge on any atom is 0.236 e. The molecule has 1 aliphatic rings. The number of nitrogens with one attached hydrogen (secondary N) is 1. The zero-order valence-electron chi connectivity index (χ0n) is 13.1. The summed E-state index contributed by atoms with van der Waals surface area (Å²) in [6, 6.07) is 7.88. The van der Waals surface area contributed by atoms with E-state index in [2.05, 4.69) is 35.3 Å². The number of piperidine rings is 1. The zero-order valence-corrected chi connectivity index (χ0v) is 13.1. The van der Waals surface area contributed by atoms with E-state index < -0.39 is 6.04 Å². The number of hydrogen-bond donors (Lipinski definition) is 2. The Bertz CT molecular complexity index is 473. The molecule has 4 heteroatoms. The van der Waals surface area contributed by atoms with Crippen LogP contribution >= 0.6 is 0 Å². The molecule has 2 atom stereocenters. The first kappa shape index (κ1) is 16.0. The van der Waals surface area contributed by atoms with Gasteiger partial charge in [-0.25, -0.2) is 0 Å². The number of nitrogens with zero attached hydrogens (tertiary/aromatic N) is 1. The molecule has 0 saturated carbocycles. The average molecular weight is 289 g/mol. The van der Waals surface area contributed by atoms with E-state index in [0.717, 1.165) is 12.5 Å². The molecule has 1 unspecified atom stereocenters. The molecule has 3 N–H and O–H groups in total. The fourth-order valence-electron chi connectivity index (χ4n) is 2.90. The Morgan fingerprint density at radius 1 is 1.43 bits per heavy atom. The van der Waals surface area contributed by atoms with E-state index in [9.17, 15) is 4.79 Å². The predicted molar refractivity (Wildman–Crippen MR) is 85.6 cm³/mol. The van der Waals surface area contributed by atoms with Gasteiger partial charge in [-0.1, -0.05) is 31.2 Å². The summed E-state index contributed by atoms with van der Waals surface area (Å²) in [5, 5.41) is 2.90. The first-order valence-corrected chi connectivity index (χ1v) is 7.88. The minimum absolute atomic E-state index is 0.101. The normalized spacial score (nSPS) is 21.0. The Morgan fingerprint density at radius 2 is 2.14 bits per heavy atom. The molecule has 0 bridgehead atoms. The summed E-state index contributed by atoms with van der Waals surface area (Å²) >= 11 is 0. The van der Waals surface area contributed by atoms with E-state index in [-0.39, 0.29) is 5.91 Å². The number of nitrogens with two attached hydrogens (primary N) is 1. The summed E-state index contributed by atoms with van der Waals surface area (Å²) in [5.74, 6) is 0.681. The van der Waals surface area contributed by atoms with Crippen LogP contribution in [0.3, 0.4) is 0 Å². The predicted octanol–water partition coefficient (Wildman–Crippen LogP) is 1.88. The molecule has 2 rings (SSSR count). The van der Waals surface area contributed by atoms with Gasteiger partial charge in [0.25, 0.3) is 0 Å². The number of carbonyl (C=O) groups is 1. The topological polar surface area (TPSA) is 58.4 Å². The molecule has 1 saturated heterocycles. The van der Waals surface area contributed by atoms with Crippen LogP contribution < -0.4 is 11.1 Å². The van der Waals surface area contributed by atoms with Crippen LogP contribution in [-0.4, -0.2) is 29.9 Å². The van der Waals surface area contributed by atoms with Gasteiger partial charge in [0.15, 0.2) is 0 Å². The largest absolute Gasteiger partial charge is 0.351 e. The smallest absolute Gasteiger partial charge is 0.236 e. The van der Waals surface area contributed by atoms with Crippen LogP contribution in [0.5, 0.6) is 0 Å². The summed E-state index contributed by atoms with van der Waals surface area (Å²) in [7, 11) is 0. The minimum Gasteiger partial charge on any atom is -0.351 e. The van der Waals surface area contributed by atoms with Crippen LogP contribution in [0.1, 0.15) is 37.8 Å². The van der Waals surface area contributed by atoms with Crippen molar-refractivity contribution < 1.29 is 4.79 Å². The van der Waals surface area contributed by atoms with Crippen molar-refractivity contribution in [2.24, 2.45) is 11.7 Å². The van der Waals surface area contributed by atoms with E-state index >= 15 is 0 Å². The van der Waals surface area contributed by atoms with E-state index in [0.29, 0.717) is 6.54 Å². The number of rotatable bonds is 5. The molecule has 21 heavy (non-hydrogen) atoms. The second kappa shape index (κ2) is 7.57. The molecule has 116 valence electrons. The van der Waals surface area contributed by atoms with Crippen molar-refractivity contribution >= 4 is 5.91 Å². The lowest BCUT2D eigenvalue weighted by molar-refractivity contribution is -0.122. The van der Waals surface area contributed by atoms with Gasteiger partial charge in [0.05, 0.1) is 6.04 Å².